The zero-order valence-corrected chi connectivity index (χ0v) is 23.7. The van der Waals surface area contributed by atoms with E-state index in [2.05, 4.69) is 20.5 Å². The topological polar surface area (TPSA) is 116 Å². The number of amides is 3. The van der Waals surface area contributed by atoms with Gasteiger partial charge in [-0.1, -0.05) is 29.8 Å². The van der Waals surface area contributed by atoms with E-state index in [0.29, 0.717) is 44.3 Å². The van der Waals surface area contributed by atoms with Crippen molar-refractivity contribution < 1.29 is 18.0 Å². The van der Waals surface area contributed by atoms with Gasteiger partial charge in [-0.05, 0) is 54.1 Å². The van der Waals surface area contributed by atoms with E-state index in [1.54, 1.807) is 41.3 Å². The normalized spacial score (nSPS) is 14.1. The standard InChI is InChI=1S/C28H31ClN6O4S/c1-2-30-28(37)31-18-23-19-35-25(32-23)4-3-5-26(35)33-11-13-34(14-12-33)27(36)10-15-40(38,39)24-9-7-20-16-22(29)8-6-21(20)17-24/h3-9,16-17,19H,2,10-15,18H2,1H3,(H2,30,31,37). The number of fused-ring (bicyclic) bond motifs is 2. The summed E-state index contributed by atoms with van der Waals surface area (Å²) in [5.41, 5.74) is 1.51. The minimum absolute atomic E-state index is 0.0694. The number of nitrogens with zero attached hydrogens (tertiary/aromatic N) is 4. The maximum absolute atomic E-state index is 13.0. The highest BCUT2D eigenvalue weighted by molar-refractivity contribution is 7.91. The zero-order valence-electron chi connectivity index (χ0n) is 22.1. The lowest BCUT2D eigenvalue weighted by atomic mass is 10.1. The highest BCUT2D eigenvalue weighted by Gasteiger charge is 2.25. The number of nitrogens with one attached hydrogen (secondary N) is 2. The molecule has 210 valence electrons. The van der Waals surface area contributed by atoms with Gasteiger partial charge in [-0.15, -0.1) is 0 Å². The van der Waals surface area contributed by atoms with Crippen LogP contribution in [0, 0.1) is 0 Å². The fourth-order valence-corrected chi connectivity index (χ4v) is 6.30. The number of carbonyl (C=O) groups is 2. The van der Waals surface area contributed by atoms with Gasteiger partial charge in [0.25, 0.3) is 0 Å². The molecule has 3 amide bonds. The number of rotatable bonds is 8. The molecule has 0 radical (unpaired) electrons. The van der Waals surface area contributed by atoms with Gasteiger partial charge in [0.2, 0.25) is 5.91 Å². The van der Waals surface area contributed by atoms with Gasteiger partial charge in [-0.25, -0.2) is 18.2 Å². The molecular formula is C28H31ClN6O4S. The van der Waals surface area contributed by atoms with Crippen molar-refractivity contribution in [2.75, 3.05) is 43.4 Å². The Morgan fingerprint density at radius 1 is 0.975 bits per heavy atom. The second-order valence-electron chi connectivity index (χ2n) is 9.65. The van der Waals surface area contributed by atoms with Crippen molar-refractivity contribution in [3.63, 3.8) is 0 Å². The molecule has 1 saturated heterocycles. The van der Waals surface area contributed by atoms with Crippen LogP contribution in [-0.4, -0.2) is 73.1 Å². The summed E-state index contributed by atoms with van der Waals surface area (Å²) < 4.78 is 27.9. The van der Waals surface area contributed by atoms with E-state index in [0.717, 1.165) is 27.9 Å². The smallest absolute Gasteiger partial charge is 0.315 e. The van der Waals surface area contributed by atoms with Crippen LogP contribution in [0.1, 0.15) is 19.0 Å². The Labute approximate surface area is 237 Å². The maximum atomic E-state index is 13.0. The number of piperazine rings is 1. The minimum Gasteiger partial charge on any atom is -0.354 e. The van der Waals surface area contributed by atoms with Gasteiger partial charge >= 0.3 is 6.03 Å². The van der Waals surface area contributed by atoms with Crippen molar-refractivity contribution in [3.05, 3.63) is 71.5 Å². The molecule has 40 heavy (non-hydrogen) atoms. The van der Waals surface area contributed by atoms with E-state index in [-0.39, 0.29) is 29.0 Å². The van der Waals surface area contributed by atoms with Crippen molar-refractivity contribution in [1.82, 2.24) is 24.9 Å². The Hall–Kier alpha value is -3.83. The number of hydrogen-bond donors (Lipinski definition) is 2. The molecule has 12 heteroatoms. The molecule has 2 N–H and O–H groups in total. The van der Waals surface area contributed by atoms with Crippen LogP contribution in [0.2, 0.25) is 5.02 Å². The van der Waals surface area contributed by atoms with Gasteiger partial charge in [0.1, 0.15) is 11.5 Å². The SMILES string of the molecule is CCNC(=O)NCc1cn2c(N3CCN(C(=O)CCS(=O)(=O)c4ccc5cc(Cl)ccc5c4)CC3)cccc2n1. The number of hydrogen-bond acceptors (Lipinski definition) is 6. The van der Waals surface area contributed by atoms with Crippen LogP contribution in [0.25, 0.3) is 16.4 Å². The number of pyridine rings is 1. The molecule has 4 aromatic rings. The van der Waals surface area contributed by atoms with Crippen molar-refractivity contribution >= 4 is 55.6 Å². The summed E-state index contributed by atoms with van der Waals surface area (Å²) in [5, 5.41) is 7.72. The van der Waals surface area contributed by atoms with Crippen LogP contribution in [-0.2, 0) is 21.2 Å². The summed E-state index contributed by atoms with van der Waals surface area (Å²) in [7, 11) is -3.62. The minimum atomic E-state index is -3.62. The van der Waals surface area contributed by atoms with Crippen molar-refractivity contribution in [1.29, 1.82) is 0 Å². The summed E-state index contributed by atoms with van der Waals surface area (Å²) in [6.07, 6.45) is 1.83. The number of benzene rings is 2. The lowest BCUT2D eigenvalue weighted by Gasteiger charge is -2.36. The zero-order chi connectivity index (χ0) is 28.3. The van der Waals surface area contributed by atoms with Crippen LogP contribution in [0.15, 0.2) is 65.7 Å². The Kier molecular flexibility index (Phi) is 8.13. The first-order chi connectivity index (χ1) is 19.2. The van der Waals surface area contributed by atoms with Crippen molar-refractivity contribution in [2.45, 2.75) is 24.8 Å². The average molecular weight is 583 g/mol. The molecule has 0 saturated carbocycles. The van der Waals surface area contributed by atoms with E-state index < -0.39 is 9.84 Å². The fourth-order valence-electron chi connectivity index (χ4n) is 4.85. The molecule has 1 aliphatic rings. The van der Waals surface area contributed by atoms with E-state index in [9.17, 15) is 18.0 Å². The quantitative estimate of drug-likeness (QED) is 0.329. The highest BCUT2D eigenvalue weighted by atomic mass is 35.5. The monoisotopic (exact) mass is 582 g/mol. The Morgan fingerprint density at radius 2 is 1.73 bits per heavy atom. The van der Waals surface area contributed by atoms with Crippen LogP contribution >= 0.6 is 11.6 Å². The summed E-state index contributed by atoms with van der Waals surface area (Å²) in [4.78, 5) is 33.4. The molecule has 1 aliphatic heterocycles. The van der Waals surface area contributed by atoms with E-state index in [1.807, 2.05) is 35.7 Å². The highest BCUT2D eigenvalue weighted by Crippen LogP contribution is 2.24. The van der Waals surface area contributed by atoms with Gasteiger partial charge in [0.05, 0.1) is 22.9 Å². The molecule has 3 heterocycles. The summed E-state index contributed by atoms with van der Waals surface area (Å²) in [5.74, 6) is 0.531. The van der Waals surface area contributed by atoms with E-state index >= 15 is 0 Å². The van der Waals surface area contributed by atoms with Gasteiger partial charge < -0.3 is 20.4 Å². The van der Waals surface area contributed by atoms with Crippen molar-refractivity contribution in [2.24, 2.45) is 0 Å². The third kappa shape index (κ3) is 6.15. The molecule has 2 aromatic carbocycles. The van der Waals surface area contributed by atoms with Gasteiger partial charge in [0, 0.05) is 50.4 Å². The summed E-state index contributed by atoms with van der Waals surface area (Å²) in [6, 6.07) is 15.8. The number of sulfone groups is 1. The lowest BCUT2D eigenvalue weighted by Crippen LogP contribution is -2.49. The summed E-state index contributed by atoms with van der Waals surface area (Å²) >= 11 is 6.03. The molecule has 5 rings (SSSR count). The number of urea groups is 1. The molecular weight excluding hydrogens is 552 g/mol. The number of aromatic nitrogens is 2. The largest absolute Gasteiger partial charge is 0.354 e. The lowest BCUT2D eigenvalue weighted by molar-refractivity contribution is -0.131. The third-order valence-electron chi connectivity index (χ3n) is 6.96. The van der Waals surface area contributed by atoms with E-state index in [4.69, 9.17) is 11.6 Å². The molecule has 2 aromatic heterocycles. The van der Waals surface area contributed by atoms with E-state index in [1.165, 1.54) is 0 Å². The van der Waals surface area contributed by atoms with Crippen molar-refractivity contribution in [3.8, 4) is 0 Å². The second-order valence-corrected chi connectivity index (χ2v) is 12.2. The predicted molar refractivity (Wildman–Crippen MR) is 156 cm³/mol. The summed E-state index contributed by atoms with van der Waals surface area (Å²) in [6.45, 7) is 4.91. The molecule has 0 aliphatic carbocycles. The van der Waals surface area contributed by atoms with Gasteiger partial charge in [-0.3, -0.25) is 9.20 Å². The molecule has 0 bridgehead atoms. The average Bonchev–Trinajstić information content (AvgIpc) is 3.38. The fraction of sp³-hybridized carbons (Fsp3) is 0.321. The van der Waals surface area contributed by atoms with Crippen LogP contribution in [0.3, 0.4) is 0 Å². The number of carbonyl (C=O) groups excluding carboxylic acids is 2. The molecule has 0 atom stereocenters. The first-order valence-corrected chi connectivity index (χ1v) is 15.2. The molecule has 1 fully saturated rings. The van der Waals surface area contributed by atoms with Crippen LogP contribution < -0.4 is 15.5 Å². The molecule has 0 spiro atoms. The number of anilines is 1. The Balaban J connectivity index is 1.18. The third-order valence-corrected chi connectivity index (χ3v) is 8.91. The maximum Gasteiger partial charge on any atom is 0.315 e. The number of halogens is 1. The Morgan fingerprint density at radius 3 is 2.50 bits per heavy atom. The number of imidazole rings is 1. The first kappa shape index (κ1) is 27.7. The first-order valence-electron chi connectivity index (χ1n) is 13.2. The molecule has 10 nitrogen and oxygen atoms in total. The second kappa shape index (κ2) is 11.7. The Bertz CT molecular complexity index is 1660. The molecule has 0 unspecified atom stereocenters. The van der Waals surface area contributed by atoms with Gasteiger partial charge in [0.15, 0.2) is 9.84 Å². The van der Waals surface area contributed by atoms with Gasteiger partial charge in [-0.2, -0.15) is 0 Å². The van der Waals surface area contributed by atoms with Crippen LogP contribution in [0.4, 0.5) is 10.6 Å². The van der Waals surface area contributed by atoms with Crippen LogP contribution in [0.5, 0.6) is 0 Å². The predicted octanol–water partition coefficient (Wildman–Crippen LogP) is 3.47.